The zero-order valence-corrected chi connectivity index (χ0v) is 20.4. The smallest absolute Gasteiger partial charge is 0.271 e. The number of hydrogen-bond acceptors (Lipinski definition) is 5. The van der Waals surface area contributed by atoms with Crippen molar-refractivity contribution in [3.8, 4) is 16.9 Å². The average molecular weight is 471 g/mol. The summed E-state index contributed by atoms with van der Waals surface area (Å²) >= 11 is 0. The Morgan fingerprint density at radius 3 is 2.57 bits per heavy atom. The number of carbonyl (C=O) groups is 2. The van der Waals surface area contributed by atoms with Crippen molar-refractivity contribution in [2.45, 2.75) is 31.2 Å². The van der Waals surface area contributed by atoms with Gasteiger partial charge in [0.15, 0.2) is 0 Å². The molecule has 2 heterocycles. The van der Waals surface area contributed by atoms with Crippen LogP contribution in [-0.4, -0.2) is 54.3 Å². The van der Waals surface area contributed by atoms with Crippen molar-refractivity contribution in [2.75, 3.05) is 33.5 Å². The molecule has 1 fully saturated rings. The van der Waals surface area contributed by atoms with Gasteiger partial charge in [-0.1, -0.05) is 30.7 Å². The Balaban J connectivity index is 1.49. The van der Waals surface area contributed by atoms with Gasteiger partial charge in [0.2, 0.25) is 0 Å². The van der Waals surface area contributed by atoms with Crippen LogP contribution in [0.5, 0.6) is 5.75 Å². The number of pyridine rings is 1. The number of benzene rings is 2. The summed E-state index contributed by atoms with van der Waals surface area (Å²) in [7, 11) is 5.03. The molecule has 2 amide bonds. The molecule has 2 N–H and O–H groups in total. The molecular weight excluding hydrogens is 440 g/mol. The van der Waals surface area contributed by atoms with Gasteiger partial charge in [0.1, 0.15) is 11.4 Å². The highest BCUT2D eigenvalue weighted by Gasteiger charge is 2.47. The quantitative estimate of drug-likeness (QED) is 0.567. The molecular formula is C28H30N4O3. The molecule has 1 spiro atoms. The van der Waals surface area contributed by atoms with Crippen LogP contribution in [-0.2, 0) is 12.0 Å². The highest BCUT2D eigenvalue weighted by atomic mass is 16.5. The third-order valence-electron chi connectivity index (χ3n) is 7.26. The lowest BCUT2D eigenvalue weighted by Crippen LogP contribution is -2.52. The van der Waals surface area contributed by atoms with Crippen molar-refractivity contribution in [3.63, 3.8) is 0 Å². The Bertz CT molecular complexity index is 1310. The molecule has 5 rings (SSSR count). The van der Waals surface area contributed by atoms with Crippen molar-refractivity contribution >= 4 is 17.5 Å². The predicted molar refractivity (Wildman–Crippen MR) is 135 cm³/mol. The summed E-state index contributed by atoms with van der Waals surface area (Å²) in [5.74, 6) is 0.494. The van der Waals surface area contributed by atoms with E-state index in [9.17, 15) is 9.59 Å². The van der Waals surface area contributed by atoms with Crippen molar-refractivity contribution in [2.24, 2.45) is 0 Å². The second-order valence-electron chi connectivity index (χ2n) is 9.70. The molecule has 1 saturated carbocycles. The SMILES string of the molecule is COc1c(N)cccc1-c1ccc2c(c1)C1(CCC1)CN(Cc1cccc(C(=O)N(C)C)n1)C2=O. The number of nitrogens with two attached hydrogens (primary N) is 1. The standard InChI is InChI=1S/C28H30N4O3/c1-31(2)27(34)24-10-4-7-19(30-24)16-32-17-28(13-6-14-28)22-15-18(11-12-21(22)26(32)33)20-8-5-9-23(29)25(20)35-3/h4-5,7-12,15H,6,13-14,16-17,29H2,1-3H3. The zero-order valence-electron chi connectivity index (χ0n) is 20.4. The lowest BCUT2D eigenvalue weighted by Gasteiger charge is -2.49. The lowest BCUT2D eigenvalue weighted by atomic mass is 9.61. The molecule has 1 aliphatic heterocycles. The first kappa shape index (κ1) is 22.9. The van der Waals surface area contributed by atoms with Gasteiger partial charge in [0.25, 0.3) is 11.8 Å². The first-order valence-corrected chi connectivity index (χ1v) is 11.9. The maximum absolute atomic E-state index is 13.6. The van der Waals surface area contributed by atoms with Crippen molar-refractivity contribution in [3.05, 3.63) is 77.1 Å². The second kappa shape index (κ2) is 8.73. The van der Waals surface area contributed by atoms with Crippen LogP contribution in [0.1, 0.15) is 51.4 Å². The molecule has 180 valence electrons. The largest absolute Gasteiger partial charge is 0.494 e. The minimum atomic E-state index is -0.151. The Hall–Kier alpha value is -3.87. The molecule has 35 heavy (non-hydrogen) atoms. The van der Waals surface area contributed by atoms with Crippen LogP contribution in [0, 0.1) is 0 Å². The van der Waals surface area contributed by atoms with Gasteiger partial charge in [-0.2, -0.15) is 0 Å². The van der Waals surface area contributed by atoms with Gasteiger partial charge >= 0.3 is 0 Å². The number of para-hydroxylation sites is 1. The minimum absolute atomic E-state index is 0.00486. The van der Waals surface area contributed by atoms with Crippen LogP contribution in [0.25, 0.3) is 11.1 Å². The average Bonchev–Trinajstić information content (AvgIpc) is 2.84. The monoisotopic (exact) mass is 470 g/mol. The van der Waals surface area contributed by atoms with E-state index in [-0.39, 0.29) is 17.2 Å². The number of rotatable bonds is 5. The third kappa shape index (κ3) is 3.91. The number of ether oxygens (including phenoxy) is 1. The summed E-state index contributed by atoms with van der Waals surface area (Å²) in [6.07, 6.45) is 3.21. The number of nitrogen functional groups attached to an aromatic ring is 1. The number of aromatic nitrogens is 1. The Labute approximate surface area is 205 Å². The van der Waals surface area contributed by atoms with E-state index in [4.69, 9.17) is 10.5 Å². The molecule has 2 aliphatic rings. The van der Waals surface area contributed by atoms with E-state index >= 15 is 0 Å². The van der Waals surface area contributed by atoms with Gasteiger partial charge in [-0.25, -0.2) is 4.98 Å². The van der Waals surface area contributed by atoms with Gasteiger partial charge in [0.05, 0.1) is 25.0 Å². The summed E-state index contributed by atoms with van der Waals surface area (Å²) in [6.45, 7) is 1.02. The fourth-order valence-corrected chi connectivity index (χ4v) is 5.31. The van der Waals surface area contributed by atoms with Gasteiger partial charge < -0.3 is 20.3 Å². The fraction of sp³-hybridized carbons (Fsp3) is 0.321. The molecule has 0 unspecified atom stereocenters. The number of hydrogen-bond donors (Lipinski definition) is 1. The highest BCUT2D eigenvalue weighted by Crippen LogP contribution is 2.50. The summed E-state index contributed by atoms with van der Waals surface area (Å²) in [5.41, 5.74) is 11.5. The molecule has 0 saturated heterocycles. The van der Waals surface area contributed by atoms with Crippen LogP contribution in [0.3, 0.4) is 0 Å². The predicted octanol–water partition coefficient (Wildman–Crippen LogP) is 4.12. The van der Waals surface area contributed by atoms with Crippen molar-refractivity contribution in [1.29, 1.82) is 0 Å². The third-order valence-corrected chi connectivity index (χ3v) is 7.26. The van der Waals surface area contributed by atoms with E-state index in [0.717, 1.165) is 41.5 Å². The van der Waals surface area contributed by atoms with E-state index in [2.05, 4.69) is 11.1 Å². The molecule has 0 bridgehead atoms. The van der Waals surface area contributed by atoms with E-state index in [0.29, 0.717) is 35.9 Å². The van der Waals surface area contributed by atoms with Crippen molar-refractivity contribution < 1.29 is 14.3 Å². The van der Waals surface area contributed by atoms with Crippen LogP contribution < -0.4 is 10.5 Å². The Morgan fingerprint density at radius 2 is 1.89 bits per heavy atom. The van der Waals surface area contributed by atoms with Gasteiger partial charge in [-0.05, 0) is 54.3 Å². The molecule has 0 atom stereocenters. The lowest BCUT2D eigenvalue weighted by molar-refractivity contribution is 0.0567. The van der Waals surface area contributed by atoms with Crippen LogP contribution in [0.15, 0.2) is 54.6 Å². The minimum Gasteiger partial charge on any atom is -0.494 e. The first-order valence-electron chi connectivity index (χ1n) is 11.9. The number of amides is 2. The van der Waals surface area contributed by atoms with Gasteiger partial charge in [-0.15, -0.1) is 0 Å². The second-order valence-corrected chi connectivity index (χ2v) is 9.70. The molecule has 1 aromatic heterocycles. The molecule has 1 aliphatic carbocycles. The molecule has 7 heteroatoms. The van der Waals surface area contributed by atoms with E-state index in [1.807, 2.05) is 47.4 Å². The van der Waals surface area contributed by atoms with Crippen LogP contribution in [0.2, 0.25) is 0 Å². The normalized spacial score (nSPS) is 16.0. The summed E-state index contributed by atoms with van der Waals surface area (Å²) < 4.78 is 5.58. The van der Waals surface area contributed by atoms with E-state index < -0.39 is 0 Å². The van der Waals surface area contributed by atoms with Crippen LogP contribution in [0.4, 0.5) is 5.69 Å². The summed E-state index contributed by atoms with van der Waals surface area (Å²) in [5, 5.41) is 0. The Kier molecular flexibility index (Phi) is 5.71. The number of methoxy groups -OCH3 is 1. The first-order chi connectivity index (χ1) is 16.8. The van der Waals surface area contributed by atoms with Crippen LogP contribution >= 0.6 is 0 Å². The molecule has 2 aromatic carbocycles. The van der Waals surface area contributed by atoms with E-state index in [1.165, 1.54) is 4.90 Å². The van der Waals surface area contributed by atoms with Gasteiger partial charge in [-0.3, -0.25) is 9.59 Å². The van der Waals surface area contributed by atoms with Crippen molar-refractivity contribution in [1.82, 2.24) is 14.8 Å². The zero-order chi connectivity index (χ0) is 24.7. The van der Waals surface area contributed by atoms with E-state index in [1.54, 1.807) is 27.3 Å². The number of fused-ring (bicyclic) bond motifs is 2. The molecule has 0 radical (unpaired) electrons. The molecule has 7 nitrogen and oxygen atoms in total. The topological polar surface area (TPSA) is 88.8 Å². The van der Waals surface area contributed by atoms with Gasteiger partial charge in [0, 0.05) is 37.2 Å². The fourth-order valence-electron chi connectivity index (χ4n) is 5.31. The maximum atomic E-state index is 13.6. The number of nitrogens with zero attached hydrogens (tertiary/aromatic N) is 3. The highest BCUT2D eigenvalue weighted by molar-refractivity contribution is 5.98. The number of anilines is 1. The maximum Gasteiger partial charge on any atom is 0.271 e. The summed E-state index contributed by atoms with van der Waals surface area (Å²) in [6, 6.07) is 17.2. The number of carbonyl (C=O) groups excluding carboxylic acids is 2. The summed E-state index contributed by atoms with van der Waals surface area (Å²) in [4.78, 5) is 33.9. The molecule has 3 aromatic rings. The Morgan fingerprint density at radius 1 is 1.11 bits per heavy atom.